The average molecular weight is 511 g/mol. The topological polar surface area (TPSA) is 293 Å². The van der Waals surface area contributed by atoms with Crippen LogP contribution in [0.2, 0.25) is 0 Å². The fraction of sp³-hybridized carbons (Fsp3) is 0.583. The minimum Gasteiger partial charge on any atom is -0.387 e. The fourth-order valence-electron chi connectivity index (χ4n) is 2.92. The fourth-order valence-corrected chi connectivity index (χ4v) is 5.27. The lowest BCUT2D eigenvalue weighted by Crippen LogP contribution is -2.34. The number of rotatable bonds is 10. The second-order valence-electron chi connectivity index (χ2n) is 6.55. The van der Waals surface area contributed by atoms with Crippen molar-refractivity contribution in [1.29, 1.82) is 0 Å². The van der Waals surface area contributed by atoms with E-state index in [0.29, 0.717) is 0 Å². The summed E-state index contributed by atoms with van der Waals surface area (Å²) in [5.74, 6) is -0.232. The van der Waals surface area contributed by atoms with Crippen molar-refractivity contribution in [3.8, 4) is 0 Å². The molecule has 0 amide bonds. The van der Waals surface area contributed by atoms with Crippen LogP contribution in [0.25, 0.3) is 21.6 Å². The highest BCUT2D eigenvalue weighted by Gasteiger charge is 2.46. The standard InChI is InChI=1S/C12H19N9O10P2/c13-12-18-9-6(10(24)19-12)15-4-21(9)11-8(23)7(22)5(30-11)3-29-32(25,31-33(26,27)28)17-2-1-16-20-14/h4-5,7-8,11,22-23H,1-3H2,(H,17,25)(H2,26,27,28)(H3,13,18,19,24)/t5-,7-,8-,11-,32?/m1/s1. The summed E-state index contributed by atoms with van der Waals surface area (Å²) in [7, 11) is -9.97. The molecule has 1 fully saturated rings. The molecule has 0 aliphatic carbocycles. The Kier molecular flexibility index (Phi) is 7.52. The normalized spacial score (nSPS) is 25.1. The first-order chi connectivity index (χ1) is 15.4. The van der Waals surface area contributed by atoms with Crippen molar-refractivity contribution in [3.63, 3.8) is 0 Å². The maximum Gasteiger partial charge on any atom is 0.477 e. The Labute approximate surface area is 183 Å². The quantitative estimate of drug-likeness (QED) is 0.0625. The number of hydrogen-bond donors (Lipinski definition) is 7. The van der Waals surface area contributed by atoms with E-state index in [0.717, 1.165) is 10.9 Å². The lowest BCUT2D eigenvalue weighted by atomic mass is 10.1. The number of nitrogen functional groups attached to an aromatic ring is 1. The van der Waals surface area contributed by atoms with Crippen molar-refractivity contribution < 1.29 is 42.7 Å². The van der Waals surface area contributed by atoms with Crippen molar-refractivity contribution in [3.05, 3.63) is 27.1 Å². The minimum absolute atomic E-state index is 0.0516. The molecular formula is C12H19N9O10P2. The van der Waals surface area contributed by atoms with Gasteiger partial charge in [0.1, 0.15) is 18.3 Å². The number of H-pyrrole nitrogens is 1. The van der Waals surface area contributed by atoms with Gasteiger partial charge in [-0.3, -0.25) is 18.9 Å². The summed E-state index contributed by atoms with van der Waals surface area (Å²) >= 11 is 0. The van der Waals surface area contributed by atoms with Crippen LogP contribution in [-0.4, -0.2) is 77.5 Å². The van der Waals surface area contributed by atoms with Crippen molar-refractivity contribution in [1.82, 2.24) is 24.6 Å². The van der Waals surface area contributed by atoms with Gasteiger partial charge >= 0.3 is 15.6 Å². The lowest BCUT2D eigenvalue weighted by molar-refractivity contribution is -0.0487. The van der Waals surface area contributed by atoms with Crippen LogP contribution in [0.1, 0.15) is 6.23 Å². The second-order valence-corrected chi connectivity index (χ2v) is 9.75. The van der Waals surface area contributed by atoms with Gasteiger partial charge in [-0.1, -0.05) is 5.11 Å². The summed E-state index contributed by atoms with van der Waals surface area (Å²) in [4.78, 5) is 42.4. The largest absolute Gasteiger partial charge is 0.477 e. The van der Waals surface area contributed by atoms with Crippen LogP contribution in [0.15, 0.2) is 16.2 Å². The van der Waals surface area contributed by atoms with Crippen LogP contribution in [0, 0.1) is 0 Å². The number of aromatic amines is 1. The van der Waals surface area contributed by atoms with E-state index in [2.05, 4.69) is 34.4 Å². The number of aliphatic hydroxyl groups excluding tert-OH is 2. The molecule has 19 nitrogen and oxygen atoms in total. The van der Waals surface area contributed by atoms with Crippen LogP contribution >= 0.6 is 15.6 Å². The highest BCUT2D eigenvalue weighted by atomic mass is 31.3. The maximum atomic E-state index is 12.6. The van der Waals surface area contributed by atoms with Gasteiger partial charge in [0.2, 0.25) is 5.95 Å². The maximum absolute atomic E-state index is 12.6. The zero-order valence-corrected chi connectivity index (χ0v) is 18.2. The molecule has 182 valence electrons. The van der Waals surface area contributed by atoms with Gasteiger partial charge in [0.15, 0.2) is 17.4 Å². The molecule has 0 spiro atoms. The molecule has 8 N–H and O–H groups in total. The molecule has 21 heteroatoms. The number of nitrogens with zero attached hydrogens (tertiary/aromatic N) is 6. The number of hydrogen-bond acceptors (Lipinski definition) is 12. The van der Waals surface area contributed by atoms with Crippen molar-refractivity contribution in [2.75, 3.05) is 25.4 Å². The third-order valence-electron chi connectivity index (χ3n) is 4.27. The molecule has 2 aromatic rings. The molecule has 1 aliphatic heterocycles. The first-order valence-electron chi connectivity index (χ1n) is 8.95. The summed E-state index contributed by atoms with van der Waals surface area (Å²) in [5.41, 5.74) is 13.0. The third kappa shape index (κ3) is 5.94. The number of anilines is 1. The minimum atomic E-state index is -5.29. The Balaban J connectivity index is 1.76. The second kappa shape index (κ2) is 9.84. The van der Waals surface area contributed by atoms with Crippen LogP contribution < -0.4 is 16.4 Å². The number of nitrogens with one attached hydrogen (secondary N) is 2. The zero-order valence-electron chi connectivity index (χ0n) is 16.4. The third-order valence-corrected chi connectivity index (χ3v) is 7.08. The van der Waals surface area contributed by atoms with E-state index < -0.39 is 52.3 Å². The Morgan fingerprint density at radius 3 is 2.79 bits per heavy atom. The summed E-state index contributed by atoms with van der Waals surface area (Å²) < 4.78 is 39.6. The van der Waals surface area contributed by atoms with Gasteiger partial charge in [0.05, 0.1) is 12.9 Å². The zero-order chi connectivity index (χ0) is 24.4. The van der Waals surface area contributed by atoms with Gasteiger partial charge in [-0.15, -0.1) is 0 Å². The number of nitrogens with two attached hydrogens (primary N) is 1. The van der Waals surface area contributed by atoms with Crippen molar-refractivity contribution in [2.24, 2.45) is 5.11 Å². The van der Waals surface area contributed by atoms with Crippen LogP contribution in [0.4, 0.5) is 5.95 Å². The van der Waals surface area contributed by atoms with Gasteiger partial charge in [0, 0.05) is 18.0 Å². The molecule has 0 bridgehead atoms. The van der Waals surface area contributed by atoms with Crippen molar-refractivity contribution in [2.45, 2.75) is 24.5 Å². The highest BCUT2D eigenvalue weighted by molar-refractivity contribution is 7.62. The molecule has 5 atom stereocenters. The summed E-state index contributed by atoms with van der Waals surface area (Å²) in [6, 6.07) is 0. The Morgan fingerprint density at radius 1 is 1.39 bits per heavy atom. The van der Waals surface area contributed by atoms with E-state index in [1.54, 1.807) is 0 Å². The number of fused-ring (bicyclic) bond motifs is 1. The van der Waals surface area contributed by atoms with E-state index in [4.69, 9.17) is 30.3 Å². The van der Waals surface area contributed by atoms with Gasteiger partial charge in [-0.2, -0.15) is 9.29 Å². The number of aromatic nitrogens is 4. The number of azide groups is 1. The molecule has 3 rings (SSSR count). The van der Waals surface area contributed by atoms with E-state index in [1.807, 2.05) is 0 Å². The van der Waals surface area contributed by atoms with Crippen LogP contribution in [0.5, 0.6) is 0 Å². The van der Waals surface area contributed by atoms with E-state index in [1.165, 1.54) is 0 Å². The molecule has 1 saturated heterocycles. The summed E-state index contributed by atoms with van der Waals surface area (Å²) in [5, 5.41) is 26.0. The lowest BCUT2D eigenvalue weighted by Gasteiger charge is -2.22. The predicted molar refractivity (Wildman–Crippen MR) is 107 cm³/mol. The molecule has 3 heterocycles. The Hall–Kier alpha value is -2.40. The first-order valence-corrected chi connectivity index (χ1v) is 12.0. The van der Waals surface area contributed by atoms with Crippen molar-refractivity contribution >= 4 is 32.7 Å². The molecule has 2 aromatic heterocycles. The highest BCUT2D eigenvalue weighted by Crippen LogP contribution is 2.57. The molecule has 1 unspecified atom stereocenters. The monoisotopic (exact) mass is 511 g/mol. The smallest absolute Gasteiger partial charge is 0.387 e. The van der Waals surface area contributed by atoms with Gasteiger partial charge in [0.25, 0.3) is 5.56 Å². The number of phosphoric acid groups is 1. The van der Waals surface area contributed by atoms with Crippen LogP contribution in [0.3, 0.4) is 0 Å². The summed E-state index contributed by atoms with van der Waals surface area (Å²) in [6.07, 6.45) is -4.80. The van der Waals surface area contributed by atoms with E-state index in [9.17, 15) is 24.1 Å². The molecule has 1 aliphatic rings. The van der Waals surface area contributed by atoms with Gasteiger partial charge < -0.3 is 30.5 Å². The van der Waals surface area contributed by atoms with E-state index >= 15 is 0 Å². The Bertz CT molecular complexity index is 1210. The molecule has 0 radical (unpaired) electrons. The van der Waals surface area contributed by atoms with Gasteiger partial charge in [-0.25, -0.2) is 19.2 Å². The van der Waals surface area contributed by atoms with E-state index in [-0.39, 0.29) is 30.2 Å². The predicted octanol–water partition coefficient (Wildman–Crippen LogP) is -1.55. The summed E-state index contributed by atoms with van der Waals surface area (Å²) in [6.45, 7) is -1.34. The van der Waals surface area contributed by atoms with Crippen LogP contribution in [-0.2, 0) is 22.7 Å². The number of imidazole rings is 1. The molecule has 33 heavy (non-hydrogen) atoms. The molecule has 0 saturated carbocycles. The van der Waals surface area contributed by atoms with Gasteiger partial charge in [-0.05, 0) is 5.53 Å². The first kappa shape index (κ1) is 25.2. The molecule has 0 aromatic carbocycles. The Morgan fingerprint density at radius 2 is 2.12 bits per heavy atom. The number of aliphatic hydroxyl groups is 2. The average Bonchev–Trinajstić information content (AvgIpc) is 3.24. The SMILES string of the molecule is [N-]=[N+]=NCCNP(=O)(OC[C@H]1O[C@@H](n2cnc3c(=O)[nH]c(N)nc32)[C@H](O)[C@@H]1O)OP(=O)(O)O. The number of ether oxygens (including phenoxy) is 1. The molecular weight excluding hydrogens is 492 g/mol.